The molecule has 1 fully saturated rings. The third-order valence-electron chi connectivity index (χ3n) is 7.62. The molecule has 1 saturated heterocycles. The Morgan fingerprint density at radius 1 is 1.08 bits per heavy atom. The molecule has 0 spiro atoms. The number of nitrogens with one attached hydrogen (secondary N) is 2. The Morgan fingerprint density at radius 3 is 2.62 bits per heavy atom. The highest BCUT2D eigenvalue weighted by atomic mass is 16.5. The van der Waals surface area contributed by atoms with Gasteiger partial charge in [-0.25, -0.2) is 0 Å². The maximum atomic E-state index is 13.5. The number of carbonyl (C=O) groups is 2. The van der Waals surface area contributed by atoms with Gasteiger partial charge in [-0.15, -0.1) is 0 Å². The summed E-state index contributed by atoms with van der Waals surface area (Å²) in [6, 6.07) is 23.1. The summed E-state index contributed by atoms with van der Waals surface area (Å²) in [5.74, 6) is 1.44. The van der Waals surface area contributed by atoms with Crippen molar-refractivity contribution in [2.75, 3.05) is 31.1 Å². The van der Waals surface area contributed by atoms with E-state index < -0.39 is 0 Å². The number of hydrogen-bond acceptors (Lipinski definition) is 3. The Morgan fingerprint density at radius 2 is 1.85 bits per heavy atom. The van der Waals surface area contributed by atoms with Gasteiger partial charge in [0, 0.05) is 24.4 Å². The zero-order valence-corrected chi connectivity index (χ0v) is 22.9. The lowest BCUT2D eigenvalue weighted by atomic mass is 10.0. The summed E-state index contributed by atoms with van der Waals surface area (Å²) < 4.78 is 6.02. The third-order valence-corrected chi connectivity index (χ3v) is 7.62. The standard InChI is InChI=1S/C33H37N3O3/c1-24-10-12-27(13-11-24)23-36-29-8-3-4-9-30(29)39-31(33(36)38)21-26-14-16-28(17-15-26)32(37)34-18-6-20-35-19-5-7-25(2)22-35/h3-4,8-17,21,25H,5-7,18-20,22-23H2,1-2H3,(H,34,37)/p+1. The number of carbonyl (C=O) groups excluding carboxylic acids is 2. The summed E-state index contributed by atoms with van der Waals surface area (Å²) in [6.07, 6.45) is 5.37. The van der Waals surface area contributed by atoms with Crippen LogP contribution in [0.2, 0.25) is 0 Å². The van der Waals surface area contributed by atoms with E-state index in [1.807, 2.05) is 55.5 Å². The predicted molar refractivity (Wildman–Crippen MR) is 155 cm³/mol. The van der Waals surface area contributed by atoms with Crippen LogP contribution < -0.4 is 19.9 Å². The Bertz CT molecular complexity index is 1330. The second-order valence-electron chi connectivity index (χ2n) is 10.9. The van der Waals surface area contributed by atoms with E-state index in [-0.39, 0.29) is 17.6 Å². The van der Waals surface area contributed by atoms with Crippen molar-refractivity contribution < 1.29 is 19.2 Å². The van der Waals surface area contributed by atoms with E-state index >= 15 is 0 Å². The van der Waals surface area contributed by atoms with Gasteiger partial charge >= 0.3 is 0 Å². The molecular weight excluding hydrogens is 486 g/mol. The number of ether oxygens (including phenoxy) is 1. The highest BCUT2D eigenvalue weighted by molar-refractivity contribution is 6.09. The maximum Gasteiger partial charge on any atom is 0.294 e. The van der Waals surface area contributed by atoms with Gasteiger partial charge < -0.3 is 15.0 Å². The summed E-state index contributed by atoms with van der Waals surface area (Å²) in [7, 11) is 0. The van der Waals surface area contributed by atoms with Crippen LogP contribution in [0.5, 0.6) is 5.75 Å². The average Bonchev–Trinajstić information content (AvgIpc) is 2.95. The Hall–Kier alpha value is -3.90. The van der Waals surface area contributed by atoms with Gasteiger partial charge in [0.1, 0.15) is 0 Å². The lowest BCUT2D eigenvalue weighted by Crippen LogP contribution is -3.13. The molecule has 2 unspecified atom stereocenters. The molecule has 0 saturated carbocycles. The predicted octanol–water partition coefficient (Wildman–Crippen LogP) is 4.40. The lowest BCUT2D eigenvalue weighted by molar-refractivity contribution is -0.908. The van der Waals surface area contributed by atoms with E-state index in [1.54, 1.807) is 28.0 Å². The Kier molecular flexibility index (Phi) is 8.42. The number of piperidine rings is 1. The fraction of sp³-hybridized carbons (Fsp3) is 0.333. The zero-order valence-electron chi connectivity index (χ0n) is 22.9. The van der Waals surface area contributed by atoms with E-state index in [2.05, 4.69) is 24.4 Å². The van der Waals surface area contributed by atoms with Crippen LogP contribution in [0.4, 0.5) is 5.69 Å². The van der Waals surface area contributed by atoms with Crippen molar-refractivity contribution in [1.29, 1.82) is 0 Å². The van der Waals surface area contributed by atoms with Gasteiger partial charge in [-0.3, -0.25) is 14.5 Å². The first kappa shape index (κ1) is 26.7. The first-order valence-corrected chi connectivity index (χ1v) is 14.0. The zero-order chi connectivity index (χ0) is 27.2. The summed E-state index contributed by atoms with van der Waals surface area (Å²) in [6.45, 7) is 9.11. The van der Waals surface area contributed by atoms with Crippen molar-refractivity contribution in [3.05, 3.63) is 101 Å². The number of anilines is 1. The van der Waals surface area contributed by atoms with Gasteiger partial charge in [0.2, 0.25) is 0 Å². The molecule has 39 heavy (non-hydrogen) atoms. The highest BCUT2D eigenvalue weighted by Gasteiger charge is 2.30. The molecule has 6 heteroatoms. The third kappa shape index (κ3) is 6.76. The second kappa shape index (κ2) is 12.3. The van der Waals surface area contributed by atoms with Crippen LogP contribution in [-0.4, -0.2) is 38.0 Å². The molecule has 0 radical (unpaired) electrons. The van der Waals surface area contributed by atoms with Crippen molar-refractivity contribution >= 4 is 23.6 Å². The van der Waals surface area contributed by atoms with Gasteiger partial charge in [-0.1, -0.05) is 61.0 Å². The SMILES string of the molecule is Cc1ccc(CN2C(=O)C(=Cc3ccc(C(=O)NCCC[NH+]4CCCC(C)C4)cc3)Oc3ccccc32)cc1. The number of likely N-dealkylation sites (tertiary alicyclic amines) is 1. The topological polar surface area (TPSA) is 63.1 Å². The molecule has 0 aromatic heterocycles. The molecule has 5 rings (SSSR count). The average molecular weight is 525 g/mol. The molecule has 2 amide bonds. The van der Waals surface area contributed by atoms with Gasteiger partial charge in [-0.2, -0.15) is 0 Å². The van der Waals surface area contributed by atoms with Crippen molar-refractivity contribution in [2.24, 2.45) is 5.92 Å². The lowest BCUT2D eigenvalue weighted by Gasteiger charge is -2.30. The van der Waals surface area contributed by atoms with Gasteiger partial charge in [0.05, 0.1) is 31.9 Å². The highest BCUT2D eigenvalue weighted by Crippen LogP contribution is 2.36. The van der Waals surface area contributed by atoms with E-state index in [9.17, 15) is 9.59 Å². The van der Waals surface area contributed by atoms with Gasteiger partial charge in [0.25, 0.3) is 11.8 Å². The fourth-order valence-electron chi connectivity index (χ4n) is 5.44. The molecule has 0 bridgehead atoms. The number of quaternary nitrogens is 1. The van der Waals surface area contributed by atoms with Gasteiger partial charge in [0.15, 0.2) is 11.5 Å². The maximum absolute atomic E-state index is 13.5. The molecule has 3 aromatic carbocycles. The summed E-state index contributed by atoms with van der Waals surface area (Å²) >= 11 is 0. The number of nitrogens with zero attached hydrogens (tertiary/aromatic N) is 1. The minimum absolute atomic E-state index is 0.0700. The van der Waals surface area contributed by atoms with Crippen molar-refractivity contribution in [3.63, 3.8) is 0 Å². The molecule has 0 aliphatic carbocycles. The minimum atomic E-state index is -0.193. The molecule has 2 aliphatic heterocycles. The van der Waals surface area contributed by atoms with Crippen molar-refractivity contribution in [1.82, 2.24) is 5.32 Å². The van der Waals surface area contributed by atoms with E-state index in [4.69, 9.17) is 4.74 Å². The fourth-order valence-corrected chi connectivity index (χ4v) is 5.44. The summed E-state index contributed by atoms with van der Waals surface area (Å²) in [5, 5.41) is 3.05. The van der Waals surface area contributed by atoms with E-state index in [0.717, 1.165) is 35.7 Å². The second-order valence-corrected chi connectivity index (χ2v) is 10.9. The van der Waals surface area contributed by atoms with Crippen LogP contribution in [0.3, 0.4) is 0 Å². The number of para-hydroxylation sites is 2. The number of benzene rings is 3. The minimum Gasteiger partial charge on any atom is -0.449 e. The molecule has 2 atom stereocenters. The number of hydrogen-bond donors (Lipinski definition) is 2. The smallest absolute Gasteiger partial charge is 0.294 e. The summed E-state index contributed by atoms with van der Waals surface area (Å²) in [4.78, 5) is 29.5. The number of aryl methyl sites for hydroxylation is 1. The van der Waals surface area contributed by atoms with Crippen LogP contribution in [0.15, 0.2) is 78.6 Å². The molecule has 2 N–H and O–H groups in total. The van der Waals surface area contributed by atoms with Crippen LogP contribution in [-0.2, 0) is 11.3 Å². The quantitative estimate of drug-likeness (QED) is 0.339. The largest absolute Gasteiger partial charge is 0.449 e. The Labute approximate surface area is 231 Å². The molecular formula is C33H38N3O3+. The van der Waals surface area contributed by atoms with Crippen molar-refractivity contribution in [2.45, 2.75) is 39.7 Å². The normalized spacial score (nSPS) is 19.9. The molecule has 3 aromatic rings. The van der Waals surface area contributed by atoms with Crippen LogP contribution in [0.25, 0.3) is 6.08 Å². The number of fused-ring (bicyclic) bond motifs is 1. The first-order chi connectivity index (χ1) is 19.0. The van der Waals surface area contributed by atoms with Gasteiger partial charge in [-0.05, 0) is 61.2 Å². The Balaban J connectivity index is 1.22. The molecule has 2 aliphatic rings. The van der Waals surface area contributed by atoms with E-state index in [1.165, 1.54) is 31.5 Å². The number of amides is 2. The molecule has 202 valence electrons. The van der Waals surface area contributed by atoms with E-state index in [0.29, 0.717) is 24.4 Å². The first-order valence-electron chi connectivity index (χ1n) is 14.0. The summed E-state index contributed by atoms with van der Waals surface area (Å²) in [5.41, 5.74) is 4.39. The number of rotatable bonds is 8. The molecule has 2 heterocycles. The van der Waals surface area contributed by atoms with Crippen LogP contribution in [0, 0.1) is 12.8 Å². The van der Waals surface area contributed by atoms with Crippen LogP contribution in [0.1, 0.15) is 53.2 Å². The van der Waals surface area contributed by atoms with Crippen LogP contribution >= 0.6 is 0 Å². The molecule has 6 nitrogen and oxygen atoms in total. The monoisotopic (exact) mass is 524 g/mol. The van der Waals surface area contributed by atoms with Crippen molar-refractivity contribution in [3.8, 4) is 5.75 Å².